The van der Waals surface area contributed by atoms with Crippen molar-refractivity contribution < 1.29 is 14.3 Å². The molecule has 0 spiro atoms. The van der Waals surface area contributed by atoms with Crippen LogP contribution in [0.25, 0.3) is 0 Å². The van der Waals surface area contributed by atoms with Crippen LogP contribution in [-0.2, 0) is 14.9 Å². The maximum Gasteiger partial charge on any atom is 0.328 e. The van der Waals surface area contributed by atoms with Crippen LogP contribution >= 0.6 is 0 Å². The number of hydrogen-bond acceptors (Lipinski definition) is 4. The summed E-state index contributed by atoms with van der Waals surface area (Å²) in [7, 11) is 1.26. The van der Waals surface area contributed by atoms with E-state index in [9.17, 15) is 9.59 Å². The lowest BCUT2D eigenvalue weighted by Crippen LogP contribution is -2.45. The fourth-order valence-corrected chi connectivity index (χ4v) is 2.17. The number of ether oxygens (including phenoxy) is 1. The van der Waals surface area contributed by atoms with E-state index >= 15 is 0 Å². The summed E-state index contributed by atoms with van der Waals surface area (Å²) in [6.07, 6.45) is 0.156. The minimum Gasteiger partial charge on any atom is -0.467 e. The summed E-state index contributed by atoms with van der Waals surface area (Å²) in [4.78, 5) is 24.2. The van der Waals surface area contributed by atoms with Crippen molar-refractivity contribution in [1.29, 1.82) is 5.26 Å². The van der Waals surface area contributed by atoms with E-state index in [0.29, 0.717) is 5.56 Å². The number of esters is 1. The number of rotatable bonds is 5. The van der Waals surface area contributed by atoms with E-state index in [2.05, 4.69) is 26.1 Å². The number of amides is 1. The second-order valence-electron chi connectivity index (χ2n) is 6.64. The maximum absolute atomic E-state index is 12.3. The van der Waals surface area contributed by atoms with E-state index in [1.54, 1.807) is 19.1 Å². The fourth-order valence-electron chi connectivity index (χ4n) is 2.17. The molecule has 1 amide bonds. The largest absolute Gasteiger partial charge is 0.467 e. The third kappa shape index (κ3) is 5.10. The molecule has 0 aliphatic carbocycles. The molecule has 0 radical (unpaired) electrons. The van der Waals surface area contributed by atoms with Crippen LogP contribution in [0.4, 0.5) is 0 Å². The molecule has 5 nitrogen and oxygen atoms in total. The van der Waals surface area contributed by atoms with Crippen molar-refractivity contribution in [3.8, 4) is 6.07 Å². The van der Waals surface area contributed by atoms with Crippen molar-refractivity contribution in [1.82, 2.24) is 5.32 Å². The Labute approximate surface area is 137 Å². The Kier molecular flexibility index (Phi) is 6.32. The molecule has 1 aromatic carbocycles. The average molecular weight is 316 g/mol. The first-order valence-electron chi connectivity index (χ1n) is 7.57. The molecule has 0 unspecified atom stereocenters. The molecule has 0 heterocycles. The van der Waals surface area contributed by atoms with Gasteiger partial charge in [0.1, 0.15) is 6.04 Å². The van der Waals surface area contributed by atoms with Gasteiger partial charge in [-0.1, -0.05) is 39.8 Å². The molecule has 2 atom stereocenters. The molecule has 0 aromatic heterocycles. The van der Waals surface area contributed by atoms with Crippen LogP contribution in [0.3, 0.4) is 0 Å². The Balaban J connectivity index is 2.90. The Hall–Kier alpha value is -2.35. The average Bonchev–Trinajstić information content (AvgIpc) is 2.51. The highest BCUT2D eigenvalue weighted by molar-refractivity contribution is 5.96. The lowest BCUT2D eigenvalue weighted by molar-refractivity contribution is -0.144. The van der Waals surface area contributed by atoms with Gasteiger partial charge in [-0.05, 0) is 23.1 Å². The molecular weight excluding hydrogens is 292 g/mol. The van der Waals surface area contributed by atoms with Crippen LogP contribution in [0.2, 0.25) is 0 Å². The number of nitrogens with zero attached hydrogens (tertiary/aromatic N) is 1. The molecule has 23 heavy (non-hydrogen) atoms. The smallest absolute Gasteiger partial charge is 0.328 e. The van der Waals surface area contributed by atoms with Gasteiger partial charge in [-0.2, -0.15) is 5.26 Å². The number of carbonyl (C=O) groups is 2. The van der Waals surface area contributed by atoms with Crippen molar-refractivity contribution in [3.63, 3.8) is 0 Å². The van der Waals surface area contributed by atoms with Gasteiger partial charge >= 0.3 is 5.97 Å². The topological polar surface area (TPSA) is 79.2 Å². The lowest BCUT2D eigenvalue weighted by atomic mass is 9.86. The molecular formula is C18H24N2O3. The summed E-state index contributed by atoms with van der Waals surface area (Å²) >= 11 is 0. The van der Waals surface area contributed by atoms with Gasteiger partial charge in [-0.25, -0.2) is 4.79 Å². The van der Waals surface area contributed by atoms with Crippen LogP contribution in [-0.4, -0.2) is 25.0 Å². The Morgan fingerprint density at radius 2 is 1.83 bits per heavy atom. The third-order valence-corrected chi connectivity index (χ3v) is 3.74. The molecule has 1 aromatic rings. The summed E-state index contributed by atoms with van der Waals surface area (Å²) in [5, 5.41) is 11.4. The number of methoxy groups -OCH3 is 1. The number of nitriles is 1. The van der Waals surface area contributed by atoms with E-state index in [-0.39, 0.29) is 23.7 Å². The molecule has 0 aliphatic heterocycles. The molecule has 0 fully saturated rings. The Bertz CT molecular complexity index is 594. The van der Waals surface area contributed by atoms with Crippen LogP contribution in [0.5, 0.6) is 0 Å². The summed E-state index contributed by atoms with van der Waals surface area (Å²) in [6, 6.07) is 8.44. The van der Waals surface area contributed by atoms with Crippen LogP contribution in [0.1, 0.15) is 50.0 Å². The molecule has 0 saturated heterocycles. The van der Waals surface area contributed by atoms with E-state index in [4.69, 9.17) is 10.00 Å². The fraction of sp³-hybridized carbons (Fsp3) is 0.500. The predicted molar refractivity (Wildman–Crippen MR) is 87.8 cm³/mol. The third-order valence-electron chi connectivity index (χ3n) is 3.74. The SMILES string of the molecule is COC(=O)[C@@H](NC(=O)c1ccc(C(C)(C)C)cc1)[C@@H](C)CC#N. The van der Waals surface area contributed by atoms with Crippen LogP contribution in [0, 0.1) is 17.2 Å². The van der Waals surface area contributed by atoms with E-state index < -0.39 is 12.0 Å². The molecule has 124 valence electrons. The second kappa shape index (κ2) is 7.77. The van der Waals surface area contributed by atoms with Crippen molar-refractivity contribution in [2.45, 2.75) is 45.6 Å². The van der Waals surface area contributed by atoms with Gasteiger partial charge in [0.2, 0.25) is 0 Å². The standard InChI is InChI=1S/C18H24N2O3/c1-12(10-11-19)15(17(22)23-5)20-16(21)13-6-8-14(9-7-13)18(2,3)4/h6-9,12,15H,10H2,1-5H3,(H,20,21)/t12-,15-/m0/s1. The van der Waals surface area contributed by atoms with Crippen molar-refractivity contribution in [3.05, 3.63) is 35.4 Å². The van der Waals surface area contributed by atoms with Gasteiger partial charge in [0.05, 0.1) is 13.2 Å². The van der Waals surface area contributed by atoms with Gasteiger partial charge in [-0.15, -0.1) is 0 Å². The Morgan fingerprint density at radius 3 is 2.26 bits per heavy atom. The number of nitrogens with one attached hydrogen (secondary N) is 1. The first kappa shape index (κ1) is 18.7. The van der Waals surface area contributed by atoms with Gasteiger partial charge in [0.15, 0.2) is 0 Å². The normalized spacial score (nSPS) is 13.6. The summed E-state index contributed by atoms with van der Waals surface area (Å²) in [6.45, 7) is 8.02. The lowest BCUT2D eigenvalue weighted by Gasteiger charge is -2.22. The van der Waals surface area contributed by atoms with Gasteiger partial charge in [0, 0.05) is 17.9 Å². The summed E-state index contributed by atoms with van der Waals surface area (Å²) in [5.74, 6) is -1.23. The highest BCUT2D eigenvalue weighted by Gasteiger charge is 2.28. The van der Waals surface area contributed by atoms with E-state index in [1.165, 1.54) is 7.11 Å². The molecule has 5 heteroatoms. The molecule has 1 rings (SSSR count). The minimum absolute atomic E-state index is 0.00483. The minimum atomic E-state index is -0.838. The zero-order valence-electron chi connectivity index (χ0n) is 14.3. The van der Waals surface area contributed by atoms with Crippen molar-refractivity contribution in [2.75, 3.05) is 7.11 Å². The number of hydrogen-bond donors (Lipinski definition) is 1. The van der Waals surface area contributed by atoms with Gasteiger partial charge in [-0.3, -0.25) is 4.79 Å². The Morgan fingerprint density at radius 1 is 1.26 bits per heavy atom. The van der Waals surface area contributed by atoms with E-state index in [0.717, 1.165) is 5.56 Å². The zero-order valence-corrected chi connectivity index (χ0v) is 14.3. The van der Waals surface area contributed by atoms with Crippen LogP contribution < -0.4 is 5.32 Å². The first-order valence-corrected chi connectivity index (χ1v) is 7.57. The van der Waals surface area contributed by atoms with Crippen molar-refractivity contribution >= 4 is 11.9 Å². The number of benzene rings is 1. The highest BCUT2D eigenvalue weighted by Crippen LogP contribution is 2.22. The first-order chi connectivity index (χ1) is 10.7. The summed E-state index contributed by atoms with van der Waals surface area (Å²) < 4.78 is 4.72. The van der Waals surface area contributed by atoms with Gasteiger partial charge < -0.3 is 10.1 Å². The highest BCUT2D eigenvalue weighted by atomic mass is 16.5. The van der Waals surface area contributed by atoms with Crippen molar-refractivity contribution in [2.24, 2.45) is 5.92 Å². The zero-order chi connectivity index (χ0) is 17.6. The maximum atomic E-state index is 12.3. The summed E-state index contributed by atoms with van der Waals surface area (Å²) in [5.41, 5.74) is 1.60. The predicted octanol–water partition coefficient (Wildman–Crippen LogP) is 2.81. The van der Waals surface area contributed by atoms with E-state index in [1.807, 2.05) is 18.2 Å². The second-order valence-corrected chi connectivity index (χ2v) is 6.64. The van der Waals surface area contributed by atoms with Gasteiger partial charge in [0.25, 0.3) is 5.91 Å². The quantitative estimate of drug-likeness (QED) is 0.847. The van der Waals surface area contributed by atoms with Crippen LogP contribution in [0.15, 0.2) is 24.3 Å². The number of carbonyl (C=O) groups excluding carboxylic acids is 2. The molecule has 0 bridgehead atoms. The molecule has 0 aliphatic rings. The molecule has 1 N–H and O–H groups in total. The molecule has 0 saturated carbocycles. The monoisotopic (exact) mass is 316 g/mol.